The first-order valence-corrected chi connectivity index (χ1v) is 11.3. The van der Waals surface area contributed by atoms with Gasteiger partial charge in [0.25, 0.3) is 5.69 Å². The van der Waals surface area contributed by atoms with Gasteiger partial charge in [0.2, 0.25) is 10.0 Å². The van der Waals surface area contributed by atoms with Crippen LogP contribution in [0.15, 0.2) is 53.4 Å². The van der Waals surface area contributed by atoms with Crippen molar-refractivity contribution in [2.75, 3.05) is 0 Å². The summed E-state index contributed by atoms with van der Waals surface area (Å²) in [7, 11) is -3.77. The van der Waals surface area contributed by atoms with Crippen molar-refractivity contribution in [3.05, 3.63) is 75.0 Å². The van der Waals surface area contributed by atoms with Crippen LogP contribution in [0.4, 0.5) is 5.69 Å². The highest BCUT2D eigenvalue weighted by atomic mass is 32.2. The van der Waals surface area contributed by atoms with Gasteiger partial charge in [-0.3, -0.25) is 10.1 Å². The third-order valence-electron chi connectivity index (χ3n) is 5.47. The molecule has 8 nitrogen and oxygen atoms in total. The number of nitro benzene ring substituents is 1. The topological polar surface area (TPSA) is 115 Å². The van der Waals surface area contributed by atoms with Crippen LogP contribution in [-0.2, 0) is 10.0 Å². The third-order valence-corrected chi connectivity index (χ3v) is 6.98. The van der Waals surface area contributed by atoms with E-state index in [-0.39, 0.29) is 10.6 Å². The molecular formula is C21H25N3O5S. The van der Waals surface area contributed by atoms with Crippen molar-refractivity contribution in [2.24, 2.45) is 0 Å². The Morgan fingerprint density at radius 2 is 1.73 bits per heavy atom. The van der Waals surface area contributed by atoms with Gasteiger partial charge in [-0.2, -0.15) is 0 Å². The van der Waals surface area contributed by atoms with Crippen molar-refractivity contribution in [3.63, 3.8) is 0 Å². The van der Waals surface area contributed by atoms with E-state index in [9.17, 15) is 23.7 Å². The summed E-state index contributed by atoms with van der Waals surface area (Å²) in [5, 5.41) is 24.2. The van der Waals surface area contributed by atoms with E-state index in [0.717, 1.165) is 23.1 Å². The highest BCUT2D eigenvalue weighted by molar-refractivity contribution is 7.89. The summed E-state index contributed by atoms with van der Waals surface area (Å²) in [6.07, 6.45) is 2.73. The van der Waals surface area contributed by atoms with E-state index >= 15 is 0 Å². The van der Waals surface area contributed by atoms with Gasteiger partial charge >= 0.3 is 0 Å². The van der Waals surface area contributed by atoms with Crippen molar-refractivity contribution in [3.8, 4) is 0 Å². The maximum atomic E-state index is 13.1. The molecule has 2 aromatic carbocycles. The quantitative estimate of drug-likeness (QED) is 0.247. The molecule has 1 fully saturated rings. The van der Waals surface area contributed by atoms with Gasteiger partial charge in [0.15, 0.2) is 11.8 Å². The van der Waals surface area contributed by atoms with Gasteiger partial charge in [-0.1, -0.05) is 30.2 Å². The van der Waals surface area contributed by atoms with Crippen molar-refractivity contribution < 1.29 is 18.1 Å². The first kappa shape index (κ1) is 21.9. The molecule has 0 aliphatic heterocycles. The first-order valence-electron chi connectivity index (χ1n) is 9.83. The second-order valence-corrected chi connectivity index (χ2v) is 9.33. The lowest BCUT2D eigenvalue weighted by atomic mass is 9.91. The fourth-order valence-corrected chi connectivity index (χ4v) is 5.04. The molecular weight excluding hydrogens is 406 g/mol. The number of hydroxylamine groups is 1. The van der Waals surface area contributed by atoms with E-state index in [2.05, 4.69) is 4.72 Å². The van der Waals surface area contributed by atoms with Crippen LogP contribution in [0, 0.1) is 22.2 Å². The highest BCUT2D eigenvalue weighted by Crippen LogP contribution is 2.24. The van der Waals surface area contributed by atoms with Crippen LogP contribution in [-0.4, -0.2) is 35.9 Å². The largest absolute Gasteiger partial charge is 0.623 e. The number of benzene rings is 2. The number of nitro groups is 1. The molecule has 160 valence electrons. The zero-order chi connectivity index (χ0) is 21.9. The fourth-order valence-electron chi connectivity index (χ4n) is 3.73. The molecule has 2 atom stereocenters. The molecule has 0 radical (unpaired) electrons. The average molecular weight is 432 g/mol. The minimum atomic E-state index is -3.77. The number of hydrogen-bond acceptors (Lipinski definition) is 5. The molecule has 0 bridgehead atoms. The van der Waals surface area contributed by atoms with E-state index in [1.54, 1.807) is 37.3 Å². The minimum Gasteiger partial charge on any atom is -0.623 e. The smallest absolute Gasteiger partial charge is 0.270 e. The molecule has 1 N–H and O–H groups in total. The van der Waals surface area contributed by atoms with Gasteiger partial charge in [0, 0.05) is 31.0 Å². The van der Waals surface area contributed by atoms with Crippen molar-refractivity contribution in [2.45, 2.75) is 56.5 Å². The molecule has 0 saturated heterocycles. The van der Waals surface area contributed by atoms with Crippen LogP contribution >= 0.6 is 0 Å². The monoisotopic (exact) mass is 431 g/mol. The fraction of sp³-hybridized carbons (Fsp3) is 0.381. The predicted octanol–water partition coefficient (Wildman–Crippen LogP) is 3.51. The minimum absolute atomic E-state index is 0.0967. The molecule has 0 amide bonds. The Kier molecular flexibility index (Phi) is 6.52. The average Bonchev–Trinajstić information content (AvgIpc) is 2.73. The predicted molar refractivity (Wildman–Crippen MR) is 114 cm³/mol. The molecule has 1 aliphatic carbocycles. The summed E-state index contributed by atoms with van der Waals surface area (Å²) in [5.74, 6) is 0. The maximum absolute atomic E-state index is 13.1. The summed E-state index contributed by atoms with van der Waals surface area (Å²) in [6, 6.07) is 11.3. The molecule has 1 saturated carbocycles. The second-order valence-electron chi connectivity index (χ2n) is 7.61. The number of nitrogens with one attached hydrogen (secondary N) is 1. The zero-order valence-corrected chi connectivity index (χ0v) is 17.8. The second kappa shape index (κ2) is 8.93. The number of rotatable bonds is 6. The Labute approximate surface area is 176 Å². The zero-order valence-electron chi connectivity index (χ0n) is 16.9. The summed E-state index contributed by atoms with van der Waals surface area (Å²) in [4.78, 5) is 10.7. The van der Waals surface area contributed by atoms with E-state index in [0.29, 0.717) is 24.1 Å². The van der Waals surface area contributed by atoms with E-state index in [4.69, 9.17) is 0 Å². The number of sulfonamides is 1. The lowest BCUT2D eigenvalue weighted by molar-refractivity contribution is -0.509. The number of non-ortho nitro benzene ring substituents is 1. The Hall–Kier alpha value is -2.78. The van der Waals surface area contributed by atoms with Gasteiger partial charge < -0.3 is 5.21 Å². The number of hydrogen-bond donors (Lipinski definition) is 1. The van der Waals surface area contributed by atoms with Crippen molar-refractivity contribution in [1.29, 1.82) is 0 Å². The van der Waals surface area contributed by atoms with E-state index in [1.165, 1.54) is 18.2 Å². The molecule has 3 rings (SSSR count). The summed E-state index contributed by atoms with van der Waals surface area (Å²) in [5.41, 5.74) is 1.63. The van der Waals surface area contributed by atoms with Gasteiger partial charge in [-0.25, -0.2) is 17.9 Å². The molecule has 0 aromatic heterocycles. The highest BCUT2D eigenvalue weighted by Gasteiger charge is 2.35. The van der Waals surface area contributed by atoms with Gasteiger partial charge in [-0.15, -0.1) is 0 Å². The Morgan fingerprint density at radius 3 is 2.40 bits per heavy atom. The summed E-state index contributed by atoms with van der Waals surface area (Å²) in [6.45, 7) is 3.48. The molecule has 1 aliphatic rings. The molecule has 0 heterocycles. The van der Waals surface area contributed by atoms with Crippen molar-refractivity contribution >= 4 is 21.4 Å². The molecule has 0 unspecified atom stereocenters. The van der Waals surface area contributed by atoms with E-state index in [1.807, 2.05) is 6.92 Å². The maximum Gasteiger partial charge on any atom is 0.270 e. The van der Waals surface area contributed by atoms with Crippen molar-refractivity contribution in [1.82, 2.24) is 4.72 Å². The van der Waals surface area contributed by atoms with Crippen LogP contribution in [0.25, 0.3) is 0 Å². The van der Waals surface area contributed by atoms with Gasteiger partial charge in [0.05, 0.1) is 15.9 Å². The van der Waals surface area contributed by atoms with Crippen LogP contribution in [0.2, 0.25) is 0 Å². The lowest BCUT2D eigenvalue weighted by Crippen LogP contribution is -2.49. The Bertz CT molecular complexity index is 1060. The molecule has 9 heteroatoms. The Balaban J connectivity index is 1.89. The van der Waals surface area contributed by atoms with Crippen LogP contribution in [0.5, 0.6) is 0 Å². The summed E-state index contributed by atoms with van der Waals surface area (Å²) < 4.78 is 29.2. The first-order chi connectivity index (χ1) is 14.2. The van der Waals surface area contributed by atoms with Gasteiger partial charge in [0.1, 0.15) is 0 Å². The molecule has 30 heavy (non-hydrogen) atoms. The number of aryl methyl sites for hydroxylation is 1. The van der Waals surface area contributed by atoms with Gasteiger partial charge in [-0.05, 0) is 38.0 Å². The lowest BCUT2D eigenvalue weighted by Gasteiger charge is -2.31. The van der Waals surface area contributed by atoms with Crippen LogP contribution in [0.1, 0.15) is 43.7 Å². The molecule has 0 spiro atoms. The van der Waals surface area contributed by atoms with E-state index < -0.39 is 27.0 Å². The SMILES string of the molecule is C/C(c1cccc([N+](=O)[O-])c1)=[N+](/[O-])[C@@H]1CCCC[C@H]1NS(=O)(=O)c1ccc(C)cc1. The third kappa shape index (κ3) is 4.85. The number of nitrogens with zero attached hydrogens (tertiary/aromatic N) is 2. The van der Waals surface area contributed by atoms with Crippen LogP contribution in [0.3, 0.4) is 0 Å². The standard InChI is InChI=1S/C21H25N3O5S/c1-15-10-12-19(13-11-15)30(28,29)22-20-8-3-4-9-21(20)23(25)16(2)17-6-5-7-18(14-17)24(26)27/h5-7,10-14,20-22H,3-4,8-9H2,1-2H3/b23-16-/t20-,21-/m1/s1. The normalized spacial score (nSPS) is 20.5. The molecule has 2 aromatic rings. The summed E-state index contributed by atoms with van der Waals surface area (Å²) >= 11 is 0. The Morgan fingerprint density at radius 1 is 1.07 bits per heavy atom. The van der Waals surface area contributed by atoms with Crippen LogP contribution < -0.4 is 4.72 Å².